The summed E-state index contributed by atoms with van der Waals surface area (Å²) in [5.74, 6) is -1.05. The Balaban J connectivity index is 4.23. The molecule has 0 aliphatic carbocycles. The van der Waals surface area contributed by atoms with Crippen LogP contribution in [0.25, 0.3) is 0 Å². The van der Waals surface area contributed by atoms with E-state index in [0.717, 1.165) is 0 Å². The Kier molecular flexibility index (Phi) is 7.49. The zero-order chi connectivity index (χ0) is 13.3. The van der Waals surface area contributed by atoms with Gasteiger partial charge >= 0.3 is 18.0 Å². The maximum absolute atomic E-state index is 11.4. The highest BCUT2D eigenvalue weighted by Crippen LogP contribution is 2.02. The average Bonchev–Trinajstić information content (AvgIpc) is 2.24. The third-order valence-corrected chi connectivity index (χ3v) is 1.83. The molecule has 0 aromatic rings. The molecule has 7 heteroatoms. The van der Waals surface area contributed by atoms with Crippen molar-refractivity contribution < 1.29 is 23.9 Å². The molecule has 0 saturated carbocycles. The molecule has 3 N–H and O–H groups in total. The molecule has 0 bridgehead atoms. The number of primary amides is 1. The summed E-state index contributed by atoms with van der Waals surface area (Å²) < 4.78 is 9.44. The third-order valence-electron chi connectivity index (χ3n) is 1.83. The first kappa shape index (κ1) is 15.2. The van der Waals surface area contributed by atoms with Crippen LogP contribution in [0.1, 0.15) is 26.7 Å². The first-order valence-electron chi connectivity index (χ1n) is 5.39. The molecule has 0 aromatic heterocycles. The van der Waals surface area contributed by atoms with Crippen molar-refractivity contribution in [1.29, 1.82) is 0 Å². The van der Waals surface area contributed by atoms with Crippen LogP contribution in [0.3, 0.4) is 0 Å². The largest absolute Gasteiger partial charge is 0.466 e. The van der Waals surface area contributed by atoms with Gasteiger partial charge in [-0.15, -0.1) is 0 Å². The fourth-order valence-electron chi connectivity index (χ4n) is 1.16. The van der Waals surface area contributed by atoms with Gasteiger partial charge in [-0.2, -0.15) is 0 Å². The van der Waals surface area contributed by atoms with Crippen LogP contribution in [0, 0.1) is 0 Å². The van der Waals surface area contributed by atoms with Crippen molar-refractivity contribution in [3.8, 4) is 0 Å². The molecule has 0 rings (SSSR count). The molecule has 1 atom stereocenters. The molecule has 0 aliphatic heterocycles. The summed E-state index contributed by atoms with van der Waals surface area (Å²) in [6.07, 6.45) is 0.109. The standard InChI is InChI=1S/C10H18N2O5/c1-3-16-8(13)6-5-7(12-10(11)15)9(14)17-4-2/h7H,3-6H2,1-2H3,(H3,11,12,15)/t7-/m0/s1. The van der Waals surface area contributed by atoms with Gasteiger partial charge in [-0.3, -0.25) is 4.79 Å². The Hall–Kier alpha value is -1.79. The molecule has 0 spiro atoms. The lowest BCUT2D eigenvalue weighted by molar-refractivity contribution is -0.146. The Labute approximate surface area is 99.6 Å². The molecule has 98 valence electrons. The number of amides is 2. The Morgan fingerprint density at radius 2 is 1.76 bits per heavy atom. The number of hydrogen-bond donors (Lipinski definition) is 2. The summed E-state index contributed by atoms with van der Waals surface area (Å²) >= 11 is 0. The van der Waals surface area contributed by atoms with Crippen LogP contribution in [-0.2, 0) is 19.1 Å². The number of carbonyl (C=O) groups is 3. The molecular weight excluding hydrogens is 228 g/mol. The topological polar surface area (TPSA) is 108 Å². The minimum atomic E-state index is -0.920. The lowest BCUT2D eigenvalue weighted by Gasteiger charge is -2.15. The van der Waals surface area contributed by atoms with E-state index in [1.165, 1.54) is 0 Å². The second-order valence-corrected chi connectivity index (χ2v) is 3.16. The summed E-state index contributed by atoms with van der Waals surface area (Å²) in [5.41, 5.74) is 4.92. The van der Waals surface area contributed by atoms with E-state index in [4.69, 9.17) is 15.2 Å². The minimum absolute atomic E-state index is 0.0115. The number of nitrogens with two attached hydrogens (primary N) is 1. The summed E-state index contributed by atoms with van der Waals surface area (Å²) in [4.78, 5) is 33.2. The van der Waals surface area contributed by atoms with Crippen molar-refractivity contribution in [2.45, 2.75) is 32.7 Å². The summed E-state index contributed by atoms with van der Waals surface area (Å²) in [6, 6.07) is -1.76. The highest BCUT2D eigenvalue weighted by atomic mass is 16.5. The van der Waals surface area contributed by atoms with E-state index in [-0.39, 0.29) is 26.1 Å². The number of ether oxygens (including phenoxy) is 2. The minimum Gasteiger partial charge on any atom is -0.466 e. The van der Waals surface area contributed by atoms with Crippen LogP contribution in [0.4, 0.5) is 4.79 Å². The number of urea groups is 1. The van der Waals surface area contributed by atoms with E-state index in [1.807, 2.05) is 0 Å². The highest BCUT2D eigenvalue weighted by Gasteiger charge is 2.22. The summed E-state index contributed by atoms with van der Waals surface area (Å²) in [6.45, 7) is 3.79. The van der Waals surface area contributed by atoms with E-state index < -0.39 is 24.0 Å². The summed E-state index contributed by atoms with van der Waals surface area (Å²) in [5, 5.41) is 2.22. The van der Waals surface area contributed by atoms with E-state index >= 15 is 0 Å². The molecule has 0 radical (unpaired) electrons. The van der Waals surface area contributed by atoms with Crippen molar-refractivity contribution in [2.24, 2.45) is 5.73 Å². The molecule has 7 nitrogen and oxygen atoms in total. The van der Waals surface area contributed by atoms with E-state index in [9.17, 15) is 14.4 Å². The van der Waals surface area contributed by atoms with Gasteiger partial charge < -0.3 is 20.5 Å². The quantitative estimate of drug-likeness (QED) is 0.611. The van der Waals surface area contributed by atoms with Gasteiger partial charge in [0.1, 0.15) is 6.04 Å². The molecule has 0 heterocycles. The van der Waals surface area contributed by atoms with Crippen LogP contribution >= 0.6 is 0 Å². The van der Waals surface area contributed by atoms with Crippen molar-refractivity contribution in [1.82, 2.24) is 5.32 Å². The number of carbonyl (C=O) groups excluding carboxylic acids is 3. The first-order chi connectivity index (χ1) is 8.01. The monoisotopic (exact) mass is 246 g/mol. The first-order valence-corrected chi connectivity index (χ1v) is 5.39. The maximum atomic E-state index is 11.4. The smallest absolute Gasteiger partial charge is 0.328 e. The summed E-state index contributed by atoms with van der Waals surface area (Å²) in [7, 11) is 0. The van der Waals surface area contributed by atoms with E-state index in [0.29, 0.717) is 0 Å². The predicted molar refractivity (Wildman–Crippen MR) is 59.0 cm³/mol. The van der Waals surface area contributed by atoms with Crippen LogP contribution in [0.2, 0.25) is 0 Å². The molecule has 2 amide bonds. The van der Waals surface area contributed by atoms with Crippen molar-refractivity contribution in [3.05, 3.63) is 0 Å². The third kappa shape index (κ3) is 7.15. The molecule has 0 unspecified atom stereocenters. The van der Waals surface area contributed by atoms with Gasteiger partial charge in [0, 0.05) is 6.42 Å². The molecule has 0 saturated heterocycles. The van der Waals surface area contributed by atoms with Crippen molar-refractivity contribution >= 4 is 18.0 Å². The van der Waals surface area contributed by atoms with Gasteiger partial charge in [-0.05, 0) is 20.3 Å². The molecule has 0 aromatic carbocycles. The van der Waals surface area contributed by atoms with Crippen LogP contribution in [0.5, 0.6) is 0 Å². The SMILES string of the molecule is CCOC(=O)CC[C@H](NC(N)=O)C(=O)OCC. The second-order valence-electron chi connectivity index (χ2n) is 3.16. The van der Waals surface area contributed by atoms with Crippen molar-refractivity contribution in [3.63, 3.8) is 0 Å². The number of hydrogen-bond acceptors (Lipinski definition) is 5. The zero-order valence-corrected chi connectivity index (χ0v) is 10.0. The number of esters is 2. The molecular formula is C10H18N2O5. The Morgan fingerprint density at radius 1 is 1.18 bits per heavy atom. The lowest BCUT2D eigenvalue weighted by atomic mass is 10.1. The van der Waals surface area contributed by atoms with Crippen LogP contribution < -0.4 is 11.1 Å². The van der Waals surface area contributed by atoms with E-state index in [2.05, 4.69) is 5.32 Å². The Bertz CT molecular complexity index is 280. The number of rotatable bonds is 7. The zero-order valence-electron chi connectivity index (χ0n) is 10.0. The molecule has 17 heavy (non-hydrogen) atoms. The van der Waals surface area contributed by atoms with Gasteiger partial charge in [0.15, 0.2) is 0 Å². The van der Waals surface area contributed by atoms with Crippen LogP contribution in [0.15, 0.2) is 0 Å². The Morgan fingerprint density at radius 3 is 2.24 bits per heavy atom. The van der Waals surface area contributed by atoms with Gasteiger partial charge in [-0.25, -0.2) is 9.59 Å². The predicted octanol–water partition coefficient (Wildman–Crippen LogP) is -0.0703. The van der Waals surface area contributed by atoms with Gasteiger partial charge in [0.25, 0.3) is 0 Å². The fourth-order valence-corrected chi connectivity index (χ4v) is 1.16. The van der Waals surface area contributed by atoms with Crippen molar-refractivity contribution in [2.75, 3.05) is 13.2 Å². The van der Waals surface area contributed by atoms with Gasteiger partial charge in [0.05, 0.1) is 13.2 Å². The van der Waals surface area contributed by atoms with E-state index in [1.54, 1.807) is 13.8 Å². The second kappa shape index (κ2) is 8.37. The maximum Gasteiger partial charge on any atom is 0.328 e. The number of nitrogens with one attached hydrogen (secondary N) is 1. The molecule has 0 aliphatic rings. The van der Waals surface area contributed by atoms with Gasteiger partial charge in [0.2, 0.25) is 0 Å². The molecule has 0 fully saturated rings. The van der Waals surface area contributed by atoms with Gasteiger partial charge in [-0.1, -0.05) is 0 Å². The van der Waals surface area contributed by atoms with Crippen LogP contribution in [-0.4, -0.2) is 37.2 Å². The fraction of sp³-hybridized carbons (Fsp3) is 0.700. The average molecular weight is 246 g/mol. The normalized spacial score (nSPS) is 11.4. The highest BCUT2D eigenvalue weighted by molar-refractivity contribution is 5.83. The lowest BCUT2D eigenvalue weighted by Crippen LogP contribution is -2.44.